The Kier molecular flexibility index (Phi) is 6.40. The highest BCUT2D eigenvalue weighted by atomic mass is 15.0. The minimum Gasteiger partial charge on any atom is -0.309 e. The van der Waals surface area contributed by atoms with Crippen LogP contribution in [0.25, 0.3) is 72.0 Å². The molecule has 53 heavy (non-hydrogen) atoms. The van der Waals surface area contributed by atoms with Crippen molar-refractivity contribution in [3.05, 3.63) is 205 Å². The van der Waals surface area contributed by atoms with Crippen LogP contribution in [0.4, 0.5) is 0 Å². The third-order valence-corrected chi connectivity index (χ3v) is 12.0. The van der Waals surface area contributed by atoms with Crippen molar-refractivity contribution in [2.75, 3.05) is 0 Å². The van der Waals surface area contributed by atoms with E-state index in [1.807, 2.05) is 0 Å². The molecule has 9 aromatic rings. The summed E-state index contributed by atoms with van der Waals surface area (Å²) in [4.78, 5) is 0. The predicted octanol–water partition coefficient (Wildman–Crippen LogP) is 12.3. The van der Waals surface area contributed by atoms with Crippen molar-refractivity contribution in [3.8, 4) is 50.2 Å². The van der Waals surface area contributed by atoms with Crippen molar-refractivity contribution in [1.29, 1.82) is 0 Å². The maximum absolute atomic E-state index is 2.46. The minimum absolute atomic E-state index is 0.0593. The van der Waals surface area contributed by atoms with Crippen molar-refractivity contribution >= 4 is 21.8 Å². The number of fused-ring (bicyclic) bond motifs is 9. The Morgan fingerprint density at radius 1 is 0.453 bits per heavy atom. The van der Waals surface area contributed by atoms with E-state index in [9.17, 15) is 0 Å². The Hall–Kier alpha value is -6.51. The van der Waals surface area contributed by atoms with Gasteiger partial charge in [0, 0.05) is 44.6 Å². The topological polar surface area (TPSA) is 8.81 Å². The molecule has 0 saturated heterocycles. The fourth-order valence-electron chi connectivity index (χ4n) is 9.36. The molecule has 2 heteroatoms. The summed E-state index contributed by atoms with van der Waals surface area (Å²) in [7, 11) is 0. The molecule has 0 spiro atoms. The van der Waals surface area contributed by atoms with Gasteiger partial charge in [0.1, 0.15) is 0 Å². The van der Waals surface area contributed by atoms with Crippen LogP contribution in [0.2, 0.25) is 0 Å². The molecule has 2 aromatic heterocycles. The highest BCUT2D eigenvalue weighted by molar-refractivity contribution is 6.10. The molecular formula is C51H37N2+. The van der Waals surface area contributed by atoms with Gasteiger partial charge in [0.05, 0.1) is 11.0 Å². The number of hydrogen-bond acceptors (Lipinski definition) is 0. The summed E-state index contributed by atoms with van der Waals surface area (Å²) in [6.07, 6.45) is 4.72. The number of nitrogens with zero attached hydrogens (tertiary/aromatic N) is 2. The molecule has 11 rings (SSSR count). The van der Waals surface area contributed by atoms with E-state index in [2.05, 4.69) is 205 Å². The van der Waals surface area contributed by atoms with Crippen LogP contribution in [-0.4, -0.2) is 4.57 Å². The fourth-order valence-corrected chi connectivity index (χ4v) is 9.36. The number of para-hydroxylation sites is 1. The Morgan fingerprint density at radius 3 is 1.94 bits per heavy atom. The maximum Gasteiger partial charge on any atom is 0.210 e. The smallest absolute Gasteiger partial charge is 0.210 e. The van der Waals surface area contributed by atoms with Gasteiger partial charge >= 0.3 is 0 Å². The highest BCUT2D eigenvalue weighted by Gasteiger charge is 2.41. The van der Waals surface area contributed by atoms with Crippen LogP contribution in [0.5, 0.6) is 0 Å². The summed E-state index contributed by atoms with van der Waals surface area (Å²) in [5.74, 6) is 0. The Labute approximate surface area is 309 Å². The monoisotopic (exact) mass is 677 g/mol. The average Bonchev–Trinajstić information content (AvgIpc) is 3.81. The summed E-state index contributed by atoms with van der Waals surface area (Å²) >= 11 is 0. The lowest BCUT2D eigenvalue weighted by atomic mass is 9.83. The maximum atomic E-state index is 2.46. The van der Waals surface area contributed by atoms with E-state index in [1.54, 1.807) is 0 Å². The number of hydrogen-bond donors (Lipinski definition) is 0. The van der Waals surface area contributed by atoms with Crippen LogP contribution < -0.4 is 4.57 Å². The molecule has 1 unspecified atom stereocenters. The van der Waals surface area contributed by atoms with Gasteiger partial charge in [-0.2, -0.15) is 4.57 Å². The number of benzene rings is 7. The third-order valence-electron chi connectivity index (χ3n) is 12.0. The second-order valence-corrected chi connectivity index (χ2v) is 15.2. The molecular weight excluding hydrogens is 641 g/mol. The van der Waals surface area contributed by atoms with E-state index in [4.69, 9.17) is 0 Å². The molecule has 250 valence electrons. The van der Waals surface area contributed by atoms with Crippen molar-refractivity contribution in [2.45, 2.75) is 25.3 Å². The first-order valence-corrected chi connectivity index (χ1v) is 18.6. The first-order chi connectivity index (χ1) is 26.0. The van der Waals surface area contributed by atoms with Gasteiger partial charge in [-0.15, -0.1) is 0 Å². The van der Waals surface area contributed by atoms with E-state index >= 15 is 0 Å². The summed E-state index contributed by atoms with van der Waals surface area (Å²) in [5, 5.41) is 2.53. The lowest BCUT2D eigenvalue weighted by Crippen LogP contribution is -2.40. The zero-order valence-electron chi connectivity index (χ0n) is 29.8. The lowest BCUT2D eigenvalue weighted by molar-refractivity contribution is -0.704. The predicted molar refractivity (Wildman–Crippen MR) is 219 cm³/mol. The minimum atomic E-state index is -0.0593. The van der Waals surface area contributed by atoms with Crippen molar-refractivity contribution < 1.29 is 4.57 Å². The Bertz CT molecular complexity index is 2910. The third kappa shape index (κ3) is 4.42. The van der Waals surface area contributed by atoms with Gasteiger partial charge in [-0.05, 0) is 86.5 Å². The first-order valence-electron chi connectivity index (χ1n) is 18.6. The van der Waals surface area contributed by atoms with Gasteiger partial charge < -0.3 is 4.57 Å². The lowest BCUT2D eigenvalue weighted by Gasteiger charge is -2.20. The summed E-state index contributed by atoms with van der Waals surface area (Å²) < 4.78 is 4.86. The number of pyridine rings is 1. The fraction of sp³-hybridized carbons (Fsp3) is 0.0784. The quantitative estimate of drug-likeness (QED) is 0.164. The van der Waals surface area contributed by atoms with E-state index in [-0.39, 0.29) is 11.5 Å². The number of rotatable bonds is 4. The second-order valence-electron chi connectivity index (χ2n) is 15.2. The molecule has 2 nitrogen and oxygen atoms in total. The van der Waals surface area contributed by atoms with Crippen molar-refractivity contribution in [2.24, 2.45) is 0 Å². The molecule has 1 atom stereocenters. The Morgan fingerprint density at radius 2 is 1.08 bits per heavy atom. The summed E-state index contributed by atoms with van der Waals surface area (Å²) in [5.41, 5.74) is 19.3. The van der Waals surface area contributed by atoms with E-state index < -0.39 is 0 Å². The molecule has 0 N–H and O–H groups in total. The molecule has 2 aliphatic carbocycles. The molecule has 0 amide bonds. The van der Waals surface area contributed by atoms with Crippen LogP contribution in [0, 0.1) is 0 Å². The standard InChI is InChI=1S/C51H37N2/c1-51(2)46-18-10-8-15-40(46)41-28-29-52(32-47(41)51)50-43-17-7-6-14-38(43)39-26-22-35(31-45(39)50)36-23-27-49-44(30-36)42-16-9-11-19-48(42)53(49)37-24-20-34(21-25-37)33-12-4-3-5-13-33/h3-32,50H,1-2H3/q+1. The van der Waals surface area contributed by atoms with E-state index in [0.29, 0.717) is 0 Å². The van der Waals surface area contributed by atoms with Gasteiger partial charge in [-0.1, -0.05) is 141 Å². The second kappa shape index (κ2) is 11.2. The normalized spacial score (nSPS) is 14.9. The van der Waals surface area contributed by atoms with Gasteiger partial charge in [0.15, 0.2) is 12.4 Å². The van der Waals surface area contributed by atoms with E-state index in [1.165, 1.54) is 94.3 Å². The van der Waals surface area contributed by atoms with Gasteiger partial charge in [0.2, 0.25) is 6.04 Å². The number of aromatic nitrogens is 2. The van der Waals surface area contributed by atoms with Crippen molar-refractivity contribution in [3.63, 3.8) is 0 Å². The molecule has 0 aliphatic heterocycles. The van der Waals surface area contributed by atoms with Crippen LogP contribution in [0.3, 0.4) is 0 Å². The molecule has 0 bridgehead atoms. The molecule has 7 aromatic carbocycles. The molecule has 2 heterocycles. The van der Waals surface area contributed by atoms with Crippen LogP contribution in [-0.2, 0) is 5.41 Å². The van der Waals surface area contributed by atoms with Gasteiger partial charge in [-0.25, -0.2) is 0 Å². The largest absolute Gasteiger partial charge is 0.309 e. The van der Waals surface area contributed by atoms with Crippen LogP contribution >= 0.6 is 0 Å². The van der Waals surface area contributed by atoms with E-state index in [0.717, 1.165) is 0 Å². The zero-order valence-corrected chi connectivity index (χ0v) is 29.8. The molecule has 0 radical (unpaired) electrons. The Balaban J connectivity index is 1.03. The molecule has 2 aliphatic rings. The average molecular weight is 678 g/mol. The van der Waals surface area contributed by atoms with Gasteiger partial charge in [0.25, 0.3) is 0 Å². The zero-order chi connectivity index (χ0) is 35.3. The van der Waals surface area contributed by atoms with Crippen LogP contribution in [0.15, 0.2) is 182 Å². The first kappa shape index (κ1) is 30.1. The SMILES string of the molecule is CC1(C)c2ccccc2-c2cc[n+](C3c4ccccc4-c4ccc(-c5ccc6c(c5)c5ccccc5n6-c5ccc(-c6ccccc6)cc5)cc43)cc21. The highest BCUT2D eigenvalue weighted by Crippen LogP contribution is 2.49. The summed E-state index contributed by atoms with van der Waals surface area (Å²) in [6.45, 7) is 4.73. The van der Waals surface area contributed by atoms with Crippen LogP contribution in [0.1, 0.15) is 42.1 Å². The van der Waals surface area contributed by atoms with Crippen molar-refractivity contribution in [1.82, 2.24) is 4.57 Å². The summed E-state index contributed by atoms with van der Waals surface area (Å²) in [6, 6.07) is 62.8. The molecule has 0 fully saturated rings. The van der Waals surface area contributed by atoms with Gasteiger partial charge in [-0.3, -0.25) is 0 Å². The molecule has 0 saturated carbocycles.